The van der Waals surface area contributed by atoms with Crippen LogP contribution in [-0.4, -0.2) is 15.9 Å². The van der Waals surface area contributed by atoms with Gasteiger partial charge in [-0.3, -0.25) is 4.79 Å². The Kier molecular flexibility index (Phi) is 4.16. The monoisotopic (exact) mass is 345 g/mol. The molecular formula is C11H6BrCl2N3O. The number of anilines is 1. The molecule has 1 heterocycles. The van der Waals surface area contributed by atoms with Gasteiger partial charge in [-0.2, -0.15) is 0 Å². The molecule has 92 valence electrons. The summed E-state index contributed by atoms with van der Waals surface area (Å²) in [6.07, 6.45) is 2.71. The Morgan fingerprint density at radius 1 is 1.22 bits per heavy atom. The molecule has 1 N–H and O–H groups in total. The van der Waals surface area contributed by atoms with Crippen LogP contribution >= 0.6 is 39.1 Å². The molecule has 0 aliphatic heterocycles. The van der Waals surface area contributed by atoms with E-state index in [1.165, 1.54) is 12.4 Å². The molecule has 1 aromatic heterocycles. The van der Waals surface area contributed by atoms with Gasteiger partial charge in [-0.25, -0.2) is 9.97 Å². The predicted molar refractivity (Wildman–Crippen MR) is 74.1 cm³/mol. The average molecular weight is 347 g/mol. The van der Waals surface area contributed by atoms with Crippen LogP contribution in [0, 0.1) is 0 Å². The van der Waals surface area contributed by atoms with E-state index in [0.29, 0.717) is 16.4 Å². The maximum absolute atomic E-state index is 12.0. The Bertz CT molecular complexity index is 589. The van der Waals surface area contributed by atoms with Gasteiger partial charge in [-0.15, -0.1) is 0 Å². The Labute approximate surface area is 121 Å². The first-order valence-corrected chi connectivity index (χ1v) is 6.35. The molecule has 0 saturated carbocycles. The maximum atomic E-state index is 12.0. The number of hydrogen-bond acceptors (Lipinski definition) is 3. The second-order valence-corrected chi connectivity index (χ2v) is 5.01. The molecule has 0 saturated heterocycles. The van der Waals surface area contributed by atoms with E-state index >= 15 is 0 Å². The number of aromatic nitrogens is 2. The summed E-state index contributed by atoms with van der Waals surface area (Å²) in [7, 11) is 0. The normalized spacial score (nSPS) is 10.2. The van der Waals surface area contributed by atoms with Crippen molar-refractivity contribution in [3.63, 3.8) is 0 Å². The van der Waals surface area contributed by atoms with Crippen LogP contribution in [0.4, 0.5) is 5.82 Å². The molecule has 0 aliphatic carbocycles. The van der Waals surface area contributed by atoms with Gasteiger partial charge in [-0.1, -0.05) is 39.1 Å². The van der Waals surface area contributed by atoms with Gasteiger partial charge in [0.05, 0.1) is 23.0 Å². The Balaban J connectivity index is 2.21. The van der Waals surface area contributed by atoms with Crippen LogP contribution in [0.25, 0.3) is 0 Å². The lowest BCUT2D eigenvalue weighted by atomic mass is 10.2. The van der Waals surface area contributed by atoms with Crippen molar-refractivity contribution in [1.82, 2.24) is 9.97 Å². The quantitative estimate of drug-likeness (QED) is 0.899. The lowest BCUT2D eigenvalue weighted by molar-refractivity contribution is 0.102. The molecule has 0 fully saturated rings. The number of amides is 1. The number of benzene rings is 1. The number of carbonyl (C=O) groups excluding carboxylic acids is 1. The zero-order valence-electron chi connectivity index (χ0n) is 8.82. The molecule has 0 spiro atoms. The molecule has 1 aromatic carbocycles. The number of rotatable bonds is 2. The fourth-order valence-electron chi connectivity index (χ4n) is 1.23. The summed E-state index contributed by atoms with van der Waals surface area (Å²) in [4.78, 5) is 19.7. The summed E-state index contributed by atoms with van der Waals surface area (Å²) in [5.74, 6) is -0.0571. The minimum Gasteiger partial charge on any atom is -0.305 e. The molecule has 0 radical (unpaired) electrons. The van der Waals surface area contributed by atoms with Gasteiger partial charge < -0.3 is 5.32 Å². The van der Waals surface area contributed by atoms with Gasteiger partial charge in [0.1, 0.15) is 5.15 Å². The van der Waals surface area contributed by atoms with E-state index in [4.69, 9.17) is 23.2 Å². The number of nitrogens with one attached hydrogen (secondary N) is 1. The molecule has 1 amide bonds. The maximum Gasteiger partial charge on any atom is 0.258 e. The van der Waals surface area contributed by atoms with Gasteiger partial charge in [0.25, 0.3) is 5.91 Å². The van der Waals surface area contributed by atoms with Crippen molar-refractivity contribution in [1.29, 1.82) is 0 Å². The molecule has 2 rings (SSSR count). The van der Waals surface area contributed by atoms with Gasteiger partial charge in [0.15, 0.2) is 5.82 Å². The van der Waals surface area contributed by atoms with E-state index in [0.717, 1.165) is 4.47 Å². The third-order valence-corrected chi connectivity index (χ3v) is 3.05. The summed E-state index contributed by atoms with van der Waals surface area (Å²) in [6.45, 7) is 0. The van der Waals surface area contributed by atoms with E-state index in [1.54, 1.807) is 18.2 Å². The SMILES string of the molecule is O=C(Nc1cnc(Cl)cn1)c1cc(Br)ccc1Cl. The molecule has 7 heteroatoms. The van der Waals surface area contributed by atoms with Crippen LogP contribution in [0.15, 0.2) is 35.1 Å². The van der Waals surface area contributed by atoms with Crippen LogP contribution in [0.2, 0.25) is 10.2 Å². The zero-order chi connectivity index (χ0) is 13.1. The predicted octanol–water partition coefficient (Wildman–Crippen LogP) is 3.80. The number of carbonyl (C=O) groups is 1. The molecule has 0 aliphatic rings. The van der Waals surface area contributed by atoms with Crippen molar-refractivity contribution in [2.45, 2.75) is 0 Å². The molecule has 0 atom stereocenters. The van der Waals surface area contributed by atoms with E-state index in [2.05, 4.69) is 31.2 Å². The third-order valence-electron chi connectivity index (χ3n) is 2.03. The van der Waals surface area contributed by atoms with Crippen LogP contribution in [0.5, 0.6) is 0 Å². The highest BCUT2D eigenvalue weighted by Crippen LogP contribution is 2.21. The van der Waals surface area contributed by atoms with E-state index < -0.39 is 0 Å². The standard InChI is InChI=1S/C11H6BrCl2N3O/c12-6-1-2-8(13)7(3-6)11(18)17-10-5-15-9(14)4-16-10/h1-5H,(H,16,17,18). The van der Waals surface area contributed by atoms with Gasteiger partial charge in [0.2, 0.25) is 0 Å². The lowest BCUT2D eigenvalue weighted by Gasteiger charge is -2.06. The highest BCUT2D eigenvalue weighted by molar-refractivity contribution is 9.10. The first kappa shape index (κ1) is 13.3. The second-order valence-electron chi connectivity index (χ2n) is 3.30. The molecule has 18 heavy (non-hydrogen) atoms. The summed E-state index contributed by atoms with van der Waals surface area (Å²) in [6, 6.07) is 5.01. The molecule has 0 bridgehead atoms. The molecule has 2 aromatic rings. The third kappa shape index (κ3) is 3.19. The smallest absolute Gasteiger partial charge is 0.258 e. The van der Waals surface area contributed by atoms with Gasteiger partial charge in [-0.05, 0) is 18.2 Å². The summed E-state index contributed by atoms with van der Waals surface area (Å²) in [5.41, 5.74) is 0.350. The van der Waals surface area contributed by atoms with Crippen LogP contribution < -0.4 is 5.32 Å². The van der Waals surface area contributed by atoms with E-state index in [9.17, 15) is 4.79 Å². The fraction of sp³-hybridized carbons (Fsp3) is 0. The Hall–Kier alpha value is -1.17. The van der Waals surface area contributed by atoms with Crippen molar-refractivity contribution in [3.05, 3.63) is 50.8 Å². The fourth-order valence-corrected chi connectivity index (χ4v) is 1.89. The minimum absolute atomic E-state index is 0.258. The van der Waals surface area contributed by atoms with Gasteiger partial charge >= 0.3 is 0 Å². The lowest BCUT2D eigenvalue weighted by Crippen LogP contribution is -2.13. The molecular weight excluding hydrogens is 341 g/mol. The largest absolute Gasteiger partial charge is 0.305 e. The summed E-state index contributed by atoms with van der Waals surface area (Å²) < 4.78 is 0.763. The molecule has 4 nitrogen and oxygen atoms in total. The van der Waals surface area contributed by atoms with Crippen LogP contribution in [-0.2, 0) is 0 Å². The average Bonchev–Trinajstić information content (AvgIpc) is 2.35. The summed E-state index contributed by atoms with van der Waals surface area (Å²) >= 11 is 14.8. The minimum atomic E-state index is -0.363. The van der Waals surface area contributed by atoms with Crippen LogP contribution in [0.1, 0.15) is 10.4 Å². The van der Waals surface area contributed by atoms with Crippen molar-refractivity contribution < 1.29 is 4.79 Å². The number of halogens is 3. The highest BCUT2D eigenvalue weighted by Gasteiger charge is 2.11. The number of hydrogen-bond donors (Lipinski definition) is 1. The summed E-state index contributed by atoms with van der Waals surface area (Å²) in [5, 5.41) is 3.19. The van der Waals surface area contributed by atoms with Crippen LogP contribution in [0.3, 0.4) is 0 Å². The first-order chi connectivity index (χ1) is 8.56. The highest BCUT2D eigenvalue weighted by atomic mass is 79.9. The van der Waals surface area contributed by atoms with Crippen molar-refractivity contribution in [2.24, 2.45) is 0 Å². The molecule has 0 unspecified atom stereocenters. The Morgan fingerprint density at radius 3 is 2.67 bits per heavy atom. The topological polar surface area (TPSA) is 54.9 Å². The van der Waals surface area contributed by atoms with Crippen molar-refractivity contribution >= 4 is 50.9 Å². The Morgan fingerprint density at radius 2 is 2.00 bits per heavy atom. The van der Waals surface area contributed by atoms with Crippen molar-refractivity contribution in [2.75, 3.05) is 5.32 Å². The second kappa shape index (κ2) is 5.65. The van der Waals surface area contributed by atoms with E-state index in [-0.39, 0.29) is 11.1 Å². The van der Waals surface area contributed by atoms with Gasteiger partial charge in [0, 0.05) is 4.47 Å². The number of nitrogens with zero attached hydrogens (tertiary/aromatic N) is 2. The van der Waals surface area contributed by atoms with E-state index in [1.807, 2.05) is 0 Å². The first-order valence-electron chi connectivity index (χ1n) is 4.80. The zero-order valence-corrected chi connectivity index (χ0v) is 11.9. The van der Waals surface area contributed by atoms with Crippen molar-refractivity contribution in [3.8, 4) is 0 Å².